The van der Waals surface area contributed by atoms with Crippen LogP contribution >= 0.6 is 15.9 Å². The van der Waals surface area contributed by atoms with Gasteiger partial charge in [-0.1, -0.05) is 28.1 Å². The Hall–Kier alpha value is -1.35. The Bertz CT molecular complexity index is 501. The van der Waals surface area contributed by atoms with Crippen molar-refractivity contribution in [1.82, 2.24) is 0 Å². The normalized spacial score (nSPS) is 10.4. The molecule has 82 valence electrons. The van der Waals surface area contributed by atoms with Crippen LogP contribution in [0, 0.1) is 6.92 Å². The molecule has 2 rings (SSSR count). The van der Waals surface area contributed by atoms with E-state index in [9.17, 15) is 4.79 Å². The Balaban J connectivity index is 2.24. The molecule has 0 aliphatic rings. The zero-order valence-electron chi connectivity index (χ0n) is 8.87. The van der Waals surface area contributed by atoms with E-state index in [2.05, 4.69) is 15.9 Å². The van der Waals surface area contributed by atoms with Crippen molar-refractivity contribution in [2.75, 3.05) is 0 Å². The summed E-state index contributed by atoms with van der Waals surface area (Å²) in [5.74, 6) is 0.111. The number of ketones is 1. The van der Waals surface area contributed by atoms with E-state index < -0.39 is 0 Å². The maximum Gasteiger partial charge on any atom is 0.167 e. The van der Waals surface area contributed by atoms with Gasteiger partial charge in [0.25, 0.3) is 0 Å². The second-order valence-corrected chi connectivity index (χ2v) is 4.50. The lowest BCUT2D eigenvalue weighted by molar-refractivity contribution is 0.0992. The number of Topliss-reactive ketones (excluding diaryl/α,β-unsaturated/α-hetero) is 1. The number of carbonyl (C=O) groups is 1. The van der Waals surface area contributed by atoms with Crippen molar-refractivity contribution in [1.29, 1.82) is 0 Å². The summed E-state index contributed by atoms with van der Waals surface area (Å²) in [5, 5.41) is 0. The van der Waals surface area contributed by atoms with E-state index >= 15 is 0 Å². The third-order valence-electron chi connectivity index (χ3n) is 2.51. The second-order valence-electron chi connectivity index (χ2n) is 3.64. The lowest BCUT2D eigenvalue weighted by Crippen LogP contribution is -2.05. The van der Waals surface area contributed by atoms with E-state index in [-0.39, 0.29) is 5.78 Å². The zero-order chi connectivity index (χ0) is 11.5. The molecule has 1 aromatic carbocycles. The molecule has 0 atom stereocenters. The Morgan fingerprint density at radius 2 is 2.19 bits per heavy atom. The summed E-state index contributed by atoms with van der Waals surface area (Å²) in [4.78, 5) is 12.0. The second kappa shape index (κ2) is 4.66. The number of hydrogen-bond donors (Lipinski definition) is 0. The average molecular weight is 279 g/mol. The van der Waals surface area contributed by atoms with Crippen molar-refractivity contribution in [3.8, 4) is 0 Å². The summed E-state index contributed by atoms with van der Waals surface area (Å²) < 4.78 is 5.91. The van der Waals surface area contributed by atoms with E-state index in [0.29, 0.717) is 6.42 Å². The van der Waals surface area contributed by atoms with E-state index in [1.807, 2.05) is 31.2 Å². The molecule has 0 spiro atoms. The predicted octanol–water partition coefficient (Wildman–Crippen LogP) is 3.78. The number of furan rings is 1. The molecule has 1 aromatic heterocycles. The van der Waals surface area contributed by atoms with Gasteiger partial charge in [0.05, 0.1) is 12.5 Å². The van der Waals surface area contributed by atoms with E-state index in [4.69, 9.17) is 4.42 Å². The molecule has 0 radical (unpaired) electrons. The maximum atomic E-state index is 12.0. The van der Waals surface area contributed by atoms with Crippen molar-refractivity contribution in [2.24, 2.45) is 0 Å². The molecule has 0 amide bonds. The fourth-order valence-electron chi connectivity index (χ4n) is 1.58. The fourth-order valence-corrected chi connectivity index (χ4v) is 1.95. The third kappa shape index (κ3) is 2.25. The highest BCUT2D eigenvalue weighted by atomic mass is 79.9. The highest BCUT2D eigenvalue weighted by molar-refractivity contribution is 9.10. The standard InChI is InChI=1S/C13H11BrO2/c1-9-11(3-2-4-12(9)14)13(15)7-10-5-6-16-8-10/h2-6,8H,7H2,1H3. The quantitative estimate of drug-likeness (QED) is 0.800. The van der Waals surface area contributed by atoms with Crippen LogP contribution in [0.3, 0.4) is 0 Å². The predicted molar refractivity (Wildman–Crippen MR) is 65.6 cm³/mol. The molecule has 0 fully saturated rings. The van der Waals surface area contributed by atoms with Crippen LogP contribution in [0.4, 0.5) is 0 Å². The van der Waals surface area contributed by atoms with Gasteiger partial charge in [0.2, 0.25) is 0 Å². The van der Waals surface area contributed by atoms with Gasteiger partial charge in [-0.3, -0.25) is 4.79 Å². The van der Waals surface area contributed by atoms with Crippen LogP contribution in [0.15, 0.2) is 45.7 Å². The minimum absolute atomic E-state index is 0.111. The highest BCUT2D eigenvalue weighted by Gasteiger charge is 2.11. The van der Waals surface area contributed by atoms with Crippen molar-refractivity contribution in [3.63, 3.8) is 0 Å². The SMILES string of the molecule is Cc1c(Br)cccc1C(=O)Cc1ccoc1. The summed E-state index contributed by atoms with van der Waals surface area (Å²) in [6.07, 6.45) is 3.56. The van der Waals surface area contributed by atoms with Crippen molar-refractivity contribution in [3.05, 3.63) is 58.0 Å². The largest absolute Gasteiger partial charge is 0.472 e. The van der Waals surface area contributed by atoms with E-state index in [0.717, 1.165) is 21.2 Å². The Labute approximate surface area is 102 Å². The zero-order valence-corrected chi connectivity index (χ0v) is 10.5. The first-order valence-electron chi connectivity index (χ1n) is 4.98. The van der Waals surface area contributed by atoms with Crippen LogP contribution in [0.5, 0.6) is 0 Å². The minimum Gasteiger partial charge on any atom is -0.472 e. The van der Waals surface area contributed by atoms with Gasteiger partial charge >= 0.3 is 0 Å². The van der Waals surface area contributed by atoms with Crippen molar-refractivity contribution in [2.45, 2.75) is 13.3 Å². The number of halogens is 1. The van der Waals surface area contributed by atoms with Gasteiger partial charge in [0.1, 0.15) is 0 Å². The Kier molecular flexibility index (Phi) is 3.25. The molecular formula is C13H11BrO2. The van der Waals surface area contributed by atoms with Crippen molar-refractivity contribution >= 4 is 21.7 Å². The summed E-state index contributed by atoms with van der Waals surface area (Å²) in [6, 6.07) is 7.47. The number of benzene rings is 1. The van der Waals surface area contributed by atoms with E-state index in [1.54, 1.807) is 12.5 Å². The minimum atomic E-state index is 0.111. The molecule has 2 nitrogen and oxygen atoms in total. The molecule has 1 heterocycles. The van der Waals surface area contributed by atoms with Crippen LogP contribution in [-0.4, -0.2) is 5.78 Å². The molecule has 0 aliphatic carbocycles. The van der Waals surface area contributed by atoms with Gasteiger partial charge < -0.3 is 4.42 Å². The van der Waals surface area contributed by atoms with Gasteiger partial charge in [-0.2, -0.15) is 0 Å². The van der Waals surface area contributed by atoms with Gasteiger partial charge in [-0.15, -0.1) is 0 Å². The fraction of sp³-hybridized carbons (Fsp3) is 0.154. The number of carbonyl (C=O) groups excluding carboxylic acids is 1. The summed E-state index contributed by atoms with van der Waals surface area (Å²) in [5.41, 5.74) is 2.65. The summed E-state index contributed by atoms with van der Waals surface area (Å²) >= 11 is 3.42. The lowest BCUT2D eigenvalue weighted by atomic mass is 10.0. The lowest BCUT2D eigenvalue weighted by Gasteiger charge is -2.05. The molecule has 0 bridgehead atoms. The van der Waals surface area contributed by atoms with Crippen molar-refractivity contribution < 1.29 is 9.21 Å². The summed E-state index contributed by atoms with van der Waals surface area (Å²) in [7, 11) is 0. The molecule has 16 heavy (non-hydrogen) atoms. The topological polar surface area (TPSA) is 30.2 Å². The molecule has 0 unspecified atom stereocenters. The molecule has 0 aliphatic heterocycles. The molecule has 2 aromatic rings. The number of rotatable bonds is 3. The van der Waals surface area contributed by atoms with Crippen LogP contribution in [0.1, 0.15) is 21.5 Å². The smallest absolute Gasteiger partial charge is 0.167 e. The van der Waals surface area contributed by atoms with Gasteiger partial charge in [-0.05, 0) is 30.2 Å². The van der Waals surface area contributed by atoms with E-state index in [1.165, 1.54) is 0 Å². The average Bonchev–Trinajstić information content (AvgIpc) is 2.74. The Morgan fingerprint density at radius 1 is 1.38 bits per heavy atom. The molecule has 0 saturated heterocycles. The van der Waals surface area contributed by atoms with Gasteiger partial charge in [0.15, 0.2) is 5.78 Å². The Morgan fingerprint density at radius 3 is 2.88 bits per heavy atom. The first-order valence-corrected chi connectivity index (χ1v) is 5.77. The monoisotopic (exact) mass is 278 g/mol. The molecule has 0 N–H and O–H groups in total. The molecule has 0 saturated carbocycles. The third-order valence-corrected chi connectivity index (χ3v) is 3.37. The van der Waals surface area contributed by atoms with Crippen LogP contribution in [0.2, 0.25) is 0 Å². The van der Waals surface area contributed by atoms with Crippen LogP contribution < -0.4 is 0 Å². The molecule has 3 heteroatoms. The van der Waals surface area contributed by atoms with Crippen LogP contribution in [0.25, 0.3) is 0 Å². The maximum absolute atomic E-state index is 12.0. The first kappa shape index (κ1) is 11.1. The van der Waals surface area contributed by atoms with Crippen LogP contribution in [-0.2, 0) is 6.42 Å². The molecular weight excluding hydrogens is 268 g/mol. The highest BCUT2D eigenvalue weighted by Crippen LogP contribution is 2.20. The van der Waals surface area contributed by atoms with Gasteiger partial charge in [-0.25, -0.2) is 0 Å². The number of hydrogen-bond acceptors (Lipinski definition) is 2. The summed E-state index contributed by atoms with van der Waals surface area (Å²) in [6.45, 7) is 1.94. The first-order chi connectivity index (χ1) is 7.68. The van der Waals surface area contributed by atoms with Gasteiger partial charge in [0, 0.05) is 16.5 Å².